The summed E-state index contributed by atoms with van der Waals surface area (Å²) in [6.07, 6.45) is 6.58. The van der Waals surface area contributed by atoms with Crippen molar-refractivity contribution in [2.24, 2.45) is 5.92 Å². The van der Waals surface area contributed by atoms with Gasteiger partial charge >= 0.3 is 5.91 Å². The predicted molar refractivity (Wildman–Crippen MR) is 129 cm³/mol. The Balaban J connectivity index is 1.32. The topological polar surface area (TPSA) is 113 Å². The summed E-state index contributed by atoms with van der Waals surface area (Å²) in [5.74, 6) is -2.53. The van der Waals surface area contributed by atoms with Gasteiger partial charge in [0.2, 0.25) is 5.91 Å². The van der Waals surface area contributed by atoms with Crippen molar-refractivity contribution in [3.8, 4) is 11.3 Å². The van der Waals surface area contributed by atoms with Crippen LogP contribution in [0.4, 0.5) is 8.78 Å². The molecular weight excluding hydrogens is 482 g/mol. The van der Waals surface area contributed by atoms with Gasteiger partial charge in [0.15, 0.2) is 11.6 Å². The van der Waals surface area contributed by atoms with Gasteiger partial charge in [-0.25, -0.2) is 23.7 Å². The summed E-state index contributed by atoms with van der Waals surface area (Å²) in [5, 5.41) is 6.03. The van der Waals surface area contributed by atoms with Crippen molar-refractivity contribution >= 4 is 11.8 Å². The fourth-order valence-corrected chi connectivity index (χ4v) is 4.71. The number of amides is 2. The number of hydrogen-bond donors (Lipinski definition) is 2. The van der Waals surface area contributed by atoms with Crippen molar-refractivity contribution in [2.75, 3.05) is 13.1 Å². The average Bonchev–Trinajstić information content (AvgIpc) is 3.49. The number of rotatable bonds is 7. The molecule has 1 saturated heterocycles. The van der Waals surface area contributed by atoms with Crippen LogP contribution in [0.25, 0.3) is 11.3 Å². The molecule has 1 aliphatic heterocycles. The van der Waals surface area contributed by atoms with Gasteiger partial charge in [-0.15, -0.1) is 0 Å². The molecule has 2 aromatic heterocycles. The quantitative estimate of drug-likeness (QED) is 0.502. The van der Waals surface area contributed by atoms with Crippen LogP contribution in [0.5, 0.6) is 0 Å². The average molecular weight is 511 g/mol. The smallest absolute Gasteiger partial charge is 0.307 e. The van der Waals surface area contributed by atoms with Crippen LogP contribution < -0.4 is 10.6 Å². The zero-order valence-corrected chi connectivity index (χ0v) is 20.6. The van der Waals surface area contributed by atoms with Crippen molar-refractivity contribution in [3.63, 3.8) is 0 Å². The van der Waals surface area contributed by atoms with E-state index in [4.69, 9.17) is 4.42 Å². The van der Waals surface area contributed by atoms with E-state index in [0.717, 1.165) is 25.0 Å². The number of likely N-dealkylation sites (tertiary alicyclic amines) is 1. The third-order valence-corrected chi connectivity index (χ3v) is 7.03. The minimum Gasteiger partial charge on any atom is -0.432 e. The molecule has 2 atom stereocenters. The largest absolute Gasteiger partial charge is 0.432 e. The van der Waals surface area contributed by atoms with Crippen LogP contribution in [0.2, 0.25) is 0 Å². The van der Waals surface area contributed by atoms with E-state index in [-0.39, 0.29) is 29.2 Å². The first-order valence-electron chi connectivity index (χ1n) is 12.3. The van der Waals surface area contributed by atoms with E-state index in [1.807, 2.05) is 0 Å². The summed E-state index contributed by atoms with van der Waals surface area (Å²) in [4.78, 5) is 41.4. The minimum atomic E-state index is -0.822. The summed E-state index contributed by atoms with van der Waals surface area (Å²) in [5.41, 5.74) is -0.586. The Morgan fingerprint density at radius 3 is 2.59 bits per heavy atom. The standard InChI is InChI=1S/C26H28F2N6O3/c1-15(2)34-11-6-20(18(14-34)22(35)33-26(7-8-26)25-29-9-3-10-30-25)32-23(36)24-31-13-21(37-24)17-5-4-16(27)12-19(17)28/h3-5,9-10,12-13,15,18,20H,6-8,11,14H2,1-2H3,(H,32,36)(H,33,35)/t18-,20-/m0/s1. The van der Waals surface area contributed by atoms with Crippen molar-refractivity contribution in [2.45, 2.75) is 50.7 Å². The number of aromatic nitrogens is 3. The lowest BCUT2D eigenvalue weighted by molar-refractivity contribution is -0.129. The number of hydrogen-bond acceptors (Lipinski definition) is 7. The Morgan fingerprint density at radius 1 is 1.16 bits per heavy atom. The highest BCUT2D eigenvalue weighted by atomic mass is 19.1. The van der Waals surface area contributed by atoms with Gasteiger partial charge < -0.3 is 15.1 Å². The summed E-state index contributed by atoms with van der Waals surface area (Å²) < 4.78 is 32.9. The van der Waals surface area contributed by atoms with E-state index < -0.39 is 35.0 Å². The first kappa shape index (κ1) is 24.9. The molecule has 2 amide bonds. The Bertz CT molecular complexity index is 1290. The van der Waals surface area contributed by atoms with Crippen LogP contribution in [0.1, 0.15) is 49.6 Å². The zero-order chi connectivity index (χ0) is 26.2. The molecule has 0 unspecified atom stereocenters. The summed E-state index contributed by atoms with van der Waals surface area (Å²) in [6.45, 7) is 5.31. The molecule has 1 saturated carbocycles. The van der Waals surface area contributed by atoms with Gasteiger partial charge in [0.25, 0.3) is 5.89 Å². The van der Waals surface area contributed by atoms with Gasteiger partial charge in [-0.1, -0.05) is 0 Å². The highest BCUT2D eigenvalue weighted by Gasteiger charge is 2.50. The van der Waals surface area contributed by atoms with E-state index >= 15 is 0 Å². The second-order valence-corrected chi connectivity index (χ2v) is 9.86. The maximum absolute atomic E-state index is 14.1. The van der Waals surface area contributed by atoms with E-state index in [1.165, 1.54) is 12.3 Å². The molecule has 37 heavy (non-hydrogen) atoms. The Hall–Kier alpha value is -3.73. The highest BCUT2D eigenvalue weighted by molar-refractivity contribution is 5.91. The molecule has 11 heteroatoms. The van der Waals surface area contributed by atoms with Crippen LogP contribution in [0.15, 0.2) is 47.3 Å². The van der Waals surface area contributed by atoms with Crippen molar-refractivity contribution in [1.82, 2.24) is 30.5 Å². The van der Waals surface area contributed by atoms with Crippen LogP contribution >= 0.6 is 0 Å². The number of piperidine rings is 1. The molecule has 0 bridgehead atoms. The van der Waals surface area contributed by atoms with Gasteiger partial charge in [0.05, 0.1) is 23.2 Å². The molecule has 1 aromatic carbocycles. The maximum atomic E-state index is 14.1. The van der Waals surface area contributed by atoms with Crippen molar-refractivity contribution < 1.29 is 22.8 Å². The molecular formula is C26H28F2N6O3. The second-order valence-electron chi connectivity index (χ2n) is 9.86. The second kappa shape index (κ2) is 9.97. The number of carbonyl (C=O) groups is 2. The third kappa shape index (κ3) is 5.22. The molecule has 1 aliphatic carbocycles. The van der Waals surface area contributed by atoms with Crippen LogP contribution in [0, 0.1) is 17.6 Å². The predicted octanol–water partition coefficient (Wildman–Crippen LogP) is 3.04. The lowest BCUT2D eigenvalue weighted by Gasteiger charge is -2.40. The summed E-state index contributed by atoms with van der Waals surface area (Å²) >= 11 is 0. The molecule has 3 aromatic rings. The normalized spacial score (nSPS) is 21.0. The molecule has 9 nitrogen and oxygen atoms in total. The minimum absolute atomic E-state index is 0.00473. The first-order chi connectivity index (χ1) is 17.8. The molecule has 5 rings (SSSR count). The van der Waals surface area contributed by atoms with Gasteiger partial charge in [-0.2, -0.15) is 0 Å². The van der Waals surface area contributed by atoms with Gasteiger partial charge in [-0.3, -0.25) is 14.5 Å². The first-order valence-corrected chi connectivity index (χ1v) is 12.3. The van der Waals surface area contributed by atoms with E-state index in [1.54, 1.807) is 18.5 Å². The molecule has 2 N–H and O–H groups in total. The van der Waals surface area contributed by atoms with Crippen LogP contribution in [-0.2, 0) is 10.3 Å². The fraction of sp³-hybridized carbons (Fsp3) is 0.423. The Morgan fingerprint density at radius 2 is 1.92 bits per heavy atom. The highest BCUT2D eigenvalue weighted by Crippen LogP contribution is 2.44. The number of carbonyl (C=O) groups excluding carboxylic acids is 2. The molecule has 3 heterocycles. The SMILES string of the molecule is CC(C)N1CC[C@H](NC(=O)c2ncc(-c3ccc(F)cc3F)o2)[C@@H](C(=O)NC2(c3ncccn3)CC2)C1. The number of benzene rings is 1. The van der Waals surface area contributed by atoms with E-state index in [2.05, 4.69) is 44.3 Å². The third-order valence-electron chi connectivity index (χ3n) is 7.03. The number of nitrogens with one attached hydrogen (secondary N) is 2. The fourth-order valence-electron chi connectivity index (χ4n) is 4.71. The van der Waals surface area contributed by atoms with E-state index in [0.29, 0.717) is 25.3 Å². The molecule has 0 spiro atoms. The molecule has 2 fully saturated rings. The van der Waals surface area contributed by atoms with Gasteiger partial charge in [0.1, 0.15) is 11.6 Å². The number of oxazole rings is 1. The Labute approximate surface area is 212 Å². The van der Waals surface area contributed by atoms with Crippen LogP contribution in [0.3, 0.4) is 0 Å². The summed E-state index contributed by atoms with van der Waals surface area (Å²) in [7, 11) is 0. The van der Waals surface area contributed by atoms with Crippen molar-refractivity contribution in [1.29, 1.82) is 0 Å². The maximum Gasteiger partial charge on any atom is 0.307 e. The lowest BCUT2D eigenvalue weighted by atomic mass is 9.90. The lowest BCUT2D eigenvalue weighted by Crippen LogP contribution is -2.58. The van der Waals surface area contributed by atoms with Crippen molar-refractivity contribution in [3.05, 3.63) is 66.2 Å². The molecule has 0 radical (unpaired) electrons. The monoisotopic (exact) mass is 510 g/mol. The Kier molecular flexibility index (Phi) is 6.72. The number of nitrogens with zero attached hydrogens (tertiary/aromatic N) is 4. The molecule has 2 aliphatic rings. The van der Waals surface area contributed by atoms with Gasteiger partial charge in [0, 0.05) is 43.6 Å². The van der Waals surface area contributed by atoms with Crippen LogP contribution in [-0.4, -0.2) is 56.8 Å². The molecule has 194 valence electrons. The van der Waals surface area contributed by atoms with E-state index in [9.17, 15) is 18.4 Å². The summed E-state index contributed by atoms with van der Waals surface area (Å²) in [6, 6.07) is 4.55. The zero-order valence-electron chi connectivity index (χ0n) is 20.6. The van der Waals surface area contributed by atoms with Gasteiger partial charge in [-0.05, 0) is 51.3 Å². The number of halogens is 2.